The molecule has 0 aliphatic rings. The number of carboxylic acid groups (broad SMARTS) is 1. The summed E-state index contributed by atoms with van der Waals surface area (Å²) in [6, 6.07) is 4.56. The van der Waals surface area contributed by atoms with Crippen LogP contribution in [0.25, 0.3) is 5.52 Å². The lowest BCUT2D eigenvalue weighted by atomic mass is 10.1. The number of fused-ring (bicyclic) bond motifs is 1. The SMILES string of the molecule is NC(=O)C(=O)c1ccn2cccc(OCC(=O)O)c12. The average Bonchev–Trinajstić information content (AvgIpc) is 2.79. The minimum absolute atomic E-state index is 0.0773. The Balaban J connectivity index is 2.52. The smallest absolute Gasteiger partial charge is 0.341 e. The van der Waals surface area contributed by atoms with Crippen LogP contribution in [-0.2, 0) is 9.59 Å². The summed E-state index contributed by atoms with van der Waals surface area (Å²) in [5, 5.41) is 8.59. The molecule has 2 rings (SSSR count). The third-order valence-corrected chi connectivity index (χ3v) is 2.46. The van der Waals surface area contributed by atoms with Crippen molar-refractivity contribution in [3.05, 3.63) is 36.2 Å². The first kappa shape index (κ1) is 12.6. The van der Waals surface area contributed by atoms with E-state index in [9.17, 15) is 14.4 Å². The summed E-state index contributed by atoms with van der Waals surface area (Å²) in [7, 11) is 0. The van der Waals surface area contributed by atoms with Gasteiger partial charge in [0, 0.05) is 12.4 Å². The zero-order valence-corrected chi connectivity index (χ0v) is 9.70. The molecule has 0 fully saturated rings. The highest BCUT2D eigenvalue weighted by atomic mass is 16.5. The van der Waals surface area contributed by atoms with E-state index < -0.39 is 24.3 Å². The first-order chi connectivity index (χ1) is 9.00. The second-order valence-electron chi connectivity index (χ2n) is 3.73. The largest absolute Gasteiger partial charge is 0.480 e. The van der Waals surface area contributed by atoms with E-state index >= 15 is 0 Å². The van der Waals surface area contributed by atoms with Gasteiger partial charge in [-0.15, -0.1) is 0 Å². The second kappa shape index (κ2) is 4.81. The number of primary amides is 1. The van der Waals surface area contributed by atoms with Crippen molar-refractivity contribution in [2.75, 3.05) is 6.61 Å². The van der Waals surface area contributed by atoms with Gasteiger partial charge in [-0.1, -0.05) is 0 Å². The van der Waals surface area contributed by atoms with E-state index in [1.165, 1.54) is 12.1 Å². The fraction of sp³-hybridized carbons (Fsp3) is 0.0833. The molecule has 1 amide bonds. The van der Waals surface area contributed by atoms with E-state index in [0.29, 0.717) is 5.52 Å². The monoisotopic (exact) mass is 262 g/mol. The number of pyridine rings is 1. The Bertz CT molecular complexity index is 674. The van der Waals surface area contributed by atoms with Gasteiger partial charge in [-0.2, -0.15) is 0 Å². The van der Waals surface area contributed by atoms with Crippen molar-refractivity contribution in [3.63, 3.8) is 0 Å². The Labute approximate surface area is 107 Å². The van der Waals surface area contributed by atoms with Crippen LogP contribution in [0.4, 0.5) is 0 Å². The number of amides is 1. The van der Waals surface area contributed by atoms with Crippen molar-refractivity contribution < 1.29 is 24.2 Å². The molecule has 7 nitrogen and oxygen atoms in total. The molecule has 0 unspecified atom stereocenters. The summed E-state index contributed by atoms with van der Waals surface area (Å²) in [5.74, 6) is -2.88. The van der Waals surface area contributed by atoms with Gasteiger partial charge in [0.2, 0.25) is 0 Å². The molecular formula is C12H10N2O5. The van der Waals surface area contributed by atoms with Crippen molar-refractivity contribution in [1.82, 2.24) is 4.40 Å². The minimum atomic E-state index is -1.14. The molecule has 7 heteroatoms. The standard InChI is InChI=1S/C12H10N2O5/c13-12(18)11(17)7-3-5-14-4-1-2-8(10(7)14)19-6-9(15)16/h1-5H,6H2,(H2,13,18)(H,15,16). The van der Waals surface area contributed by atoms with Crippen LogP contribution in [0.3, 0.4) is 0 Å². The lowest BCUT2D eigenvalue weighted by Crippen LogP contribution is -2.23. The normalized spacial score (nSPS) is 10.3. The van der Waals surface area contributed by atoms with Crippen molar-refractivity contribution in [2.24, 2.45) is 5.73 Å². The molecule has 0 saturated heterocycles. The third-order valence-electron chi connectivity index (χ3n) is 2.46. The molecule has 0 spiro atoms. The number of aliphatic carboxylic acids is 1. The summed E-state index contributed by atoms with van der Waals surface area (Å²) in [5.41, 5.74) is 5.35. The zero-order chi connectivity index (χ0) is 14.0. The average molecular weight is 262 g/mol. The molecule has 0 aliphatic heterocycles. The molecule has 19 heavy (non-hydrogen) atoms. The Morgan fingerprint density at radius 2 is 2.00 bits per heavy atom. The van der Waals surface area contributed by atoms with Gasteiger partial charge in [-0.25, -0.2) is 4.79 Å². The molecule has 2 aromatic heterocycles. The van der Waals surface area contributed by atoms with Crippen molar-refractivity contribution in [3.8, 4) is 5.75 Å². The summed E-state index contributed by atoms with van der Waals surface area (Å²) in [6.07, 6.45) is 3.19. The first-order valence-electron chi connectivity index (χ1n) is 5.29. The fourth-order valence-electron chi connectivity index (χ4n) is 1.71. The summed E-state index contributed by atoms with van der Waals surface area (Å²) < 4.78 is 6.63. The predicted molar refractivity (Wildman–Crippen MR) is 64.1 cm³/mol. The second-order valence-corrected chi connectivity index (χ2v) is 3.73. The van der Waals surface area contributed by atoms with Crippen LogP contribution in [0.2, 0.25) is 0 Å². The Morgan fingerprint density at radius 3 is 2.63 bits per heavy atom. The lowest BCUT2D eigenvalue weighted by Gasteiger charge is -2.07. The minimum Gasteiger partial charge on any atom is -0.480 e. The van der Waals surface area contributed by atoms with Crippen LogP contribution in [0.1, 0.15) is 10.4 Å². The third kappa shape index (κ3) is 2.39. The van der Waals surface area contributed by atoms with E-state index in [4.69, 9.17) is 15.6 Å². The highest BCUT2D eigenvalue weighted by Crippen LogP contribution is 2.24. The molecule has 0 aromatic carbocycles. The van der Waals surface area contributed by atoms with Crippen LogP contribution in [-0.4, -0.2) is 33.8 Å². The quantitative estimate of drug-likeness (QED) is 0.585. The summed E-state index contributed by atoms with van der Waals surface area (Å²) in [6.45, 7) is -0.547. The van der Waals surface area contributed by atoms with E-state index in [1.807, 2.05) is 0 Å². The Hall–Kier alpha value is -2.83. The maximum Gasteiger partial charge on any atom is 0.341 e. The van der Waals surface area contributed by atoms with E-state index in [1.54, 1.807) is 22.9 Å². The number of ketones is 1. The van der Waals surface area contributed by atoms with Gasteiger partial charge in [0.05, 0.1) is 11.1 Å². The highest BCUT2D eigenvalue weighted by Gasteiger charge is 2.19. The van der Waals surface area contributed by atoms with Gasteiger partial charge < -0.3 is 20.0 Å². The van der Waals surface area contributed by atoms with Crippen LogP contribution in [0.15, 0.2) is 30.6 Å². The molecule has 0 saturated carbocycles. The van der Waals surface area contributed by atoms with Gasteiger partial charge in [-0.05, 0) is 18.2 Å². The number of rotatable bonds is 5. The van der Waals surface area contributed by atoms with Crippen LogP contribution < -0.4 is 10.5 Å². The van der Waals surface area contributed by atoms with Crippen molar-refractivity contribution >= 4 is 23.2 Å². The number of nitrogens with two attached hydrogens (primary N) is 1. The van der Waals surface area contributed by atoms with E-state index in [0.717, 1.165) is 0 Å². The number of Topliss-reactive ketones (excluding diaryl/α,β-unsaturated/α-hetero) is 1. The van der Waals surface area contributed by atoms with E-state index in [2.05, 4.69) is 0 Å². The lowest BCUT2D eigenvalue weighted by molar-refractivity contribution is -0.139. The maximum absolute atomic E-state index is 11.7. The van der Waals surface area contributed by atoms with Crippen LogP contribution in [0.5, 0.6) is 5.75 Å². The number of carbonyl (C=O) groups excluding carboxylic acids is 2. The summed E-state index contributed by atoms with van der Waals surface area (Å²) >= 11 is 0. The molecule has 3 N–H and O–H groups in total. The van der Waals surface area contributed by atoms with Crippen LogP contribution >= 0.6 is 0 Å². The fourth-order valence-corrected chi connectivity index (χ4v) is 1.71. The number of ether oxygens (including phenoxy) is 1. The molecule has 0 bridgehead atoms. The van der Waals surface area contributed by atoms with Gasteiger partial charge in [0.25, 0.3) is 11.7 Å². The number of carboxylic acids is 1. The van der Waals surface area contributed by atoms with Gasteiger partial charge in [0.1, 0.15) is 5.75 Å². The molecule has 0 radical (unpaired) electrons. The molecule has 0 atom stereocenters. The predicted octanol–water partition coefficient (Wildman–Crippen LogP) is 0.0707. The first-order valence-corrected chi connectivity index (χ1v) is 5.29. The number of aromatic nitrogens is 1. The Kier molecular flexibility index (Phi) is 3.19. The molecule has 0 aliphatic carbocycles. The molecule has 98 valence electrons. The Morgan fingerprint density at radius 1 is 1.26 bits per heavy atom. The van der Waals surface area contributed by atoms with E-state index in [-0.39, 0.29) is 11.3 Å². The number of hydrogen-bond acceptors (Lipinski definition) is 4. The number of carbonyl (C=O) groups is 3. The molecular weight excluding hydrogens is 252 g/mol. The van der Waals surface area contributed by atoms with Crippen molar-refractivity contribution in [1.29, 1.82) is 0 Å². The number of nitrogens with zero attached hydrogens (tertiary/aromatic N) is 1. The van der Waals surface area contributed by atoms with Gasteiger partial charge in [-0.3, -0.25) is 9.59 Å². The topological polar surface area (TPSA) is 111 Å². The maximum atomic E-state index is 11.7. The summed E-state index contributed by atoms with van der Waals surface area (Å²) in [4.78, 5) is 33.1. The molecule has 2 aromatic rings. The van der Waals surface area contributed by atoms with Crippen molar-refractivity contribution in [2.45, 2.75) is 0 Å². The number of hydrogen-bond donors (Lipinski definition) is 2. The van der Waals surface area contributed by atoms with Gasteiger partial charge in [0.15, 0.2) is 6.61 Å². The highest BCUT2D eigenvalue weighted by molar-refractivity contribution is 6.44. The zero-order valence-electron chi connectivity index (χ0n) is 9.70. The van der Waals surface area contributed by atoms with Gasteiger partial charge >= 0.3 is 5.97 Å². The van der Waals surface area contributed by atoms with Crippen LogP contribution in [0, 0.1) is 0 Å². The molecule has 2 heterocycles.